The summed E-state index contributed by atoms with van der Waals surface area (Å²) in [5.74, 6) is -1.12. The Bertz CT molecular complexity index is 696. The average Bonchev–Trinajstić information content (AvgIpc) is 2.58. The molecule has 0 saturated heterocycles. The van der Waals surface area contributed by atoms with Crippen LogP contribution >= 0.6 is 0 Å². The summed E-state index contributed by atoms with van der Waals surface area (Å²) in [4.78, 5) is 34.4. The van der Waals surface area contributed by atoms with E-state index in [0.717, 1.165) is 19.1 Å². The maximum atomic E-state index is 12.0. The summed E-state index contributed by atoms with van der Waals surface area (Å²) in [6.07, 6.45) is 1.09. The molecule has 0 amide bonds. The van der Waals surface area contributed by atoms with E-state index >= 15 is 0 Å². The lowest BCUT2D eigenvalue weighted by molar-refractivity contribution is -0.385. The van der Waals surface area contributed by atoms with Crippen molar-refractivity contribution < 1.29 is 33.5 Å². The number of benzene rings is 1. The Kier molecular flexibility index (Phi) is 7.54. The predicted octanol–water partition coefficient (Wildman–Crippen LogP) is 1.77. The van der Waals surface area contributed by atoms with Crippen LogP contribution in [0.25, 0.3) is 6.08 Å². The van der Waals surface area contributed by atoms with Gasteiger partial charge in [0.25, 0.3) is 5.69 Å². The van der Waals surface area contributed by atoms with Crippen LogP contribution in [0.2, 0.25) is 0 Å². The molecule has 0 fully saturated rings. The van der Waals surface area contributed by atoms with Crippen molar-refractivity contribution in [1.82, 2.24) is 0 Å². The largest absolute Gasteiger partial charge is 0.493 e. The third-order valence-electron chi connectivity index (χ3n) is 3.15. The van der Waals surface area contributed by atoms with Crippen molar-refractivity contribution in [2.45, 2.75) is 6.92 Å². The number of hydrogen-bond donors (Lipinski definition) is 0. The molecule has 0 aliphatic carbocycles. The Morgan fingerprint density at radius 1 is 1.12 bits per heavy atom. The molecule has 136 valence electrons. The quantitative estimate of drug-likeness (QED) is 0.125. The summed E-state index contributed by atoms with van der Waals surface area (Å²) in [7, 11) is 4.13. The number of carbonyl (C=O) groups is 2. The molecule has 1 aromatic rings. The van der Waals surface area contributed by atoms with Gasteiger partial charge in [-0.1, -0.05) is 0 Å². The molecule has 0 unspecified atom stereocenters. The molecule has 9 heteroatoms. The van der Waals surface area contributed by atoms with Crippen LogP contribution in [0.3, 0.4) is 0 Å². The maximum absolute atomic E-state index is 12.0. The van der Waals surface area contributed by atoms with Gasteiger partial charge in [0.05, 0.1) is 37.4 Å². The molecule has 0 atom stereocenters. The number of ketones is 1. The lowest BCUT2D eigenvalue weighted by Gasteiger charge is -2.10. The van der Waals surface area contributed by atoms with E-state index in [-0.39, 0.29) is 41.5 Å². The van der Waals surface area contributed by atoms with Crippen LogP contribution < -0.4 is 9.47 Å². The zero-order chi connectivity index (χ0) is 19.0. The first-order valence-corrected chi connectivity index (χ1v) is 7.14. The SMILES string of the molecule is COCCOC(=O)/C(=C/c1cc(OC)c(OC)cc1[N+](=O)[O-])C(C)=O. The average molecular weight is 353 g/mol. The fourth-order valence-corrected chi connectivity index (χ4v) is 1.91. The lowest BCUT2D eigenvalue weighted by Crippen LogP contribution is -2.16. The third-order valence-corrected chi connectivity index (χ3v) is 3.15. The fourth-order valence-electron chi connectivity index (χ4n) is 1.91. The van der Waals surface area contributed by atoms with Crippen molar-refractivity contribution >= 4 is 23.5 Å². The third kappa shape index (κ3) is 5.28. The topological polar surface area (TPSA) is 114 Å². The predicted molar refractivity (Wildman–Crippen MR) is 87.7 cm³/mol. The first kappa shape index (κ1) is 20.1. The van der Waals surface area contributed by atoms with Crippen molar-refractivity contribution in [2.75, 3.05) is 34.5 Å². The molecular weight excluding hydrogens is 334 g/mol. The van der Waals surface area contributed by atoms with Gasteiger partial charge in [0.2, 0.25) is 0 Å². The van der Waals surface area contributed by atoms with Gasteiger partial charge in [0.15, 0.2) is 17.3 Å². The van der Waals surface area contributed by atoms with E-state index in [1.807, 2.05) is 0 Å². The van der Waals surface area contributed by atoms with Crippen LogP contribution in [0, 0.1) is 10.1 Å². The van der Waals surface area contributed by atoms with Gasteiger partial charge < -0.3 is 18.9 Å². The maximum Gasteiger partial charge on any atom is 0.341 e. The molecule has 9 nitrogen and oxygen atoms in total. The zero-order valence-corrected chi connectivity index (χ0v) is 14.4. The summed E-state index contributed by atoms with van der Waals surface area (Å²) in [6.45, 7) is 1.28. The monoisotopic (exact) mass is 353 g/mol. The number of ether oxygens (including phenoxy) is 4. The van der Waals surface area contributed by atoms with Crippen LogP contribution in [0.1, 0.15) is 12.5 Å². The normalized spacial score (nSPS) is 11.0. The van der Waals surface area contributed by atoms with E-state index in [1.54, 1.807) is 0 Å². The minimum absolute atomic E-state index is 0.0107. The molecule has 1 rings (SSSR count). The van der Waals surface area contributed by atoms with Crippen LogP contribution in [-0.4, -0.2) is 51.2 Å². The van der Waals surface area contributed by atoms with Crippen molar-refractivity contribution in [2.24, 2.45) is 0 Å². The molecule has 0 aliphatic rings. The second kappa shape index (κ2) is 9.38. The summed E-state index contributed by atoms with van der Waals surface area (Å²) in [6, 6.07) is 2.46. The highest BCUT2D eigenvalue weighted by molar-refractivity contribution is 6.20. The molecule has 0 aliphatic heterocycles. The molecule has 0 spiro atoms. The van der Waals surface area contributed by atoms with Gasteiger partial charge in [0.1, 0.15) is 12.2 Å². The molecule has 0 radical (unpaired) electrons. The highest BCUT2D eigenvalue weighted by atomic mass is 16.6. The molecule has 1 aromatic carbocycles. The highest BCUT2D eigenvalue weighted by Crippen LogP contribution is 2.35. The van der Waals surface area contributed by atoms with E-state index in [1.165, 1.54) is 27.4 Å². The summed E-state index contributed by atoms with van der Waals surface area (Å²) < 4.78 is 19.8. The molecular formula is C16H19NO8. The molecule has 0 N–H and O–H groups in total. The van der Waals surface area contributed by atoms with Crippen LogP contribution in [-0.2, 0) is 19.1 Å². The molecule has 0 saturated carbocycles. The number of Topliss-reactive ketones (excluding diaryl/α,β-unsaturated/α-hetero) is 1. The number of methoxy groups -OCH3 is 3. The standard InChI is InChI=1S/C16H19NO8/c1-10(18)12(16(19)25-6-5-22-2)7-11-8-14(23-3)15(24-4)9-13(11)17(20)21/h7-9H,5-6H2,1-4H3/b12-7+. The minimum atomic E-state index is -0.895. The number of nitro benzene ring substituents is 1. The Morgan fingerprint density at radius 2 is 1.72 bits per heavy atom. The number of carbonyl (C=O) groups excluding carboxylic acids is 2. The summed E-state index contributed by atoms with van der Waals surface area (Å²) in [5.41, 5.74) is -0.663. The number of nitro groups is 1. The molecule has 0 aromatic heterocycles. The van der Waals surface area contributed by atoms with E-state index in [4.69, 9.17) is 18.9 Å². The van der Waals surface area contributed by atoms with Crippen LogP contribution in [0.4, 0.5) is 5.69 Å². The number of hydrogen-bond acceptors (Lipinski definition) is 8. The van der Waals surface area contributed by atoms with Gasteiger partial charge in [-0.3, -0.25) is 14.9 Å². The van der Waals surface area contributed by atoms with Gasteiger partial charge >= 0.3 is 5.97 Å². The first-order chi connectivity index (χ1) is 11.8. The molecule has 25 heavy (non-hydrogen) atoms. The van der Waals surface area contributed by atoms with Gasteiger partial charge in [-0.05, 0) is 19.1 Å². The number of rotatable bonds is 9. The van der Waals surface area contributed by atoms with E-state index in [9.17, 15) is 19.7 Å². The van der Waals surface area contributed by atoms with Crippen molar-refractivity contribution in [1.29, 1.82) is 0 Å². The van der Waals surface area contributed by atoms with Gasteiger partial charge in [-0.25, -0.2) is 4.79 Å². The Hall–Kier alpha value is -2.94. The summed E-state index contributed by atoms with van der Waals surface area (Å²) in [5, 5.41) is 11.3. The fraction of sp³-hybridized carbons (Fsp3) is 0.375. The second-order valence-corrected chi connectivity index (χ2v) is 4.77. The first-order valence-electron chi connectivity index (χ1n) is 7.14. The molecule has 0 heterocycles. The van der Waals surface area contributed by atoms with Crippen molar-refractivity contribution in [3.8, 4) is 11.5 Å². The lowest BCUT2D eigenvalue weighted by atomic mass is 10.1. The number of esters is 1. The van der Waals surface area contributed by atoms with Gasteiger partial charge in [-0.15, -0.1) is 0 Å². The Balaban J connectivity index is 3.38. The van der Waals surface area contributed by atoms with Crippen molar-refractivity contribution in [3.05, 3.63) is 33.4 Å². The van der Waals surface area contributed by atoms with Gasteiger partial charge in [0, 0.05) is 7.11 Å². The second-order valence-electron chi connectivity index (χ2n) is 4.77. The Labute approximate surface area is 144 Å². The summed E-state index contributed by atoms with van der Waals surface area (Å²) >= 11 is 0. The zero-order valence-electron chi connectivity index (χ0n) is 14.4. The van der Waals surface area contributed by atoms with Gasteiger partial charge in [-0.2, -0.15) is 0 Å². The highest BCUT2D eigenvalue weighted by Gasteiger charge is 2.22. The van der Waals surface area contributed by atoms with E-state index in [2.05, 4.69) is 0 Å². The van der Waals surface area contributed by atoms with E-state index in [0.29, 0.717) is 0 Å². The van der Waals surface area contributed by atoms with Crippen LogP contribution in [0.5, 0.6) is 11.5 Å². The molecule has 0 bridgehead atoms. The van der Waals surface area contributed by atoms with Crippen molar-refractivity contribution in [3.63, 3.8) is 0 Å². The number of nitrogens with zero attached hydrogens (tertiary/aromatic N) is 1. The van der Waals surface area contributed by atoms with Crippen LogP contribution in [0.15, 0.2) is 17.7 Å². The smallest absolute Gasteiger partial charge is 0.341 e. The Morgan fingerprint density at radius 3 is 2.20 bits per heavy atom. The van der Waals surface area contributed by atoms with E-state index < -0.39 is 16.7 Å². The minimum Gasteiger partial charge on any atom is -0.493 e.